The standard InChI is InChI=1S/C22H20ClN5O2/c1-27(2)16-11-9-15(10-12-16)14-24-22-25-20(19-8-5-13-30-19)26-28(22)21(29)17-6-3-4-7-18(17)23/h3-13H,14H2,1-2H3,(H,24,25,26). The molecular formula is C22H20ClN5O2. The van der Waals surface area contributed by atoms with Crippen molar-refractivity contribution in [2.24, 2.45) is 0 Å². The lowest BCUT2D eigenvalue weighted by Crippen LogP contribution is -2.18. The third-order valence-electron chi connectivity index (χ3n) is 4.55. The number of halogens is 1. The number of aromatic nitrogens is 3. The molecule has 2 aromatic heterocycles. The predicted molar refractivity (Wildman–Crippen MR) is 117 cm³/mol. The quantitative estimate of drug-likeness (QED) is 0.492. The van der Waals surface area contributed by atoms with Gasteiger partial charge in [0.25, 0.3) is 5.91 Å². The van der Waals surface area contributed by atoms with Gasteiger partial charge in [0.15, 0.2) is 5.76 Å². The molecule has 0 spiro atoms. The van der Waals surface area contributed by atoms with Crippen LogP contribution >= 0.6 is 11.6 Å². The molecule has 0 aliphatic rings. The van der Waals surface area contributed by atoms with Crippen LogP contribution in [-0.2, 0) is 6.54 Å². The molecule has 0 aliphatic carbocycles. The minimum atomic E-state index is -0.378. The molecule has 30 heavy (non-hydrogen) atoms. The summed E-state index contributed by atoms with van der Waals surface area (Å²) in [7, 11) is 3.98. The third kappa shape index (κ3) is 4.06. The monoisotopic (exact) mass is 421 g/mol. The Labute approximate surface area is 178 Å². The predicted octanol–water partition coefficient (Wildman–Crippen LogP) is 4.56. The van der Waals surface area contributed by atoms with Crippen LogP contribution < -0.4 is 10.2 Å². The van der Waals surface area contributed by atoms with Gasteiger partial charge in [-0.1, -0.05) is 35.9 Å². The number of hydrogen-bond acceptors (Lipinski definition) is 6. The summed E-state index contributed by atoms with van der Waals surface area (Å²) in [6, 6.07) is 18.4. The highest BCUT2D eigenvalue weighted by Crippen LogP contribution is 2.22. The van der Waals surface area contributed by atoms with Crippen LogP contribution in [0.1, 0.15) is 15.9 Å². The maximum absolute atomic E-state index is 13.1. The smallest absolute Gasteiger partial charge is 0.282 e. The first kappa shape index (κ1) is 19.7. The SMILES string of the molecule is CN(C)c1ccc(CNc2nc(-c3ccco3)nn2C(=O)c2ccccc2Cl)cc1. The molecule has 0 saturated carbocycles. The lowest BCUT2D eigenvalue weighted by molar-refractivity contribution is 0.0947. The van der Waals surface area contributed by atoms with E-state index in [1.165, 1.54) is 10.9 Å². The van der Waals surface area contributed by atoms with Crippen molar-refractivity contribution in [3.05, 3.63) is 83.1 Å². The number of nitrogens with zero attached hydrogens (tertiary/aromatic N) is 4. The van der Waals surface area contributed by atoms with E-state index >= 15 is 0 Å². The van der Waals surface area contributed by atoms with E-state index in [0.717, 1.165) is 11.3 Å². The van der Waals surface area contributed by atoms with Crippen molar-refractivity contribution in [3.8, 4) is 11.6 Å². The molecule has 0 atom stereocenters. The lowest BCUT2D eigenvalue weighted by atomic mass is 10.2. The Hall–Kier alpha value is -3.58. The molecule has 1 N–H and O–H groups in total. The summed E-state index contributed by atoms with van der Waals surface area (Å²) in [5.41, 5.74) is 2.49. The van der Waals surface area contributed by atoms with Gasteiger partial charge in [0.1, 0.15) is 0 Å². The normalized spacial score (nSPS) is 10.8. The molecule has 0 bridgehead atoms. The van der Waals surface area contributed by atoms with Gasteiger partial charge in [0.2, 0.25) is 11.8 Å². The minimum Gasteiger partial charge on any atom is -0.461 e. The number of furan rings is 1. The number of benzene rings is 2. The summed E-state index contributed by atoms with van der Waals surface area (Å²) in [6.45, 7) is 0.472. The van der Waals surface area contributed by atoms with Gasteiger partial charge < -0.3 is 14.6 Å². The number of hydrogen-bond donors (Lipinski definition) is 1. The molecule has 2 aromatic carbocycles. The fraction of sp³-hybridized carbons (Fsp3) is 0.136. The van der Waals surface area contributed by atoms with Gasteiger partial charge in [-0.05, 0) is 42.0 Å². The second-order valence-corrected chi connectivity index (χ2v) is 7.25. The van der Waals surface area contributed by atoms with Crippen LogP contribution in [0, 0.1) is 0 Å². The molecule has 0 saturated heterocycles. The average molecular weight is 422 g/mol. The van der Waals surface area contributed by atoms with Gasteiger partial charge in [-0.25, -0.2) is 0 Å². The van der Waals surface area contributed by atoms with E-state index in [4.69, 9.17) is 16.0 Å². The van der Waals surface area contributed by atoms with E-state index in [1.54, 1.807) is 36.4 Å². The summed E-state index contributed by atoms with van der Waals surface area (Å²) >= 11 is 6.22. The average Bonchev–Trinajstić information content (AvgIpc) is 3.42. The molecule has 0 amide bonds. The number of carbonyl (C=O) groups is 1. The van der Waals surface area contributed by atoms with E-state index < -0.39 is 0 Å². The Kier molecular flexibility index (Phi) is 5.54. The highest BCUT2D eigenvalue weighted by Gasteiger charge is 2.21. The van der Waals surface area contributed by atoms with Crippen LogP contribution in [0.2, 0.25) is 5.02 Å². The molecule has 8 heteroatoms. The number of nitrogens with one attached hydrogen (secondary N) is 1. The Balaban J connectivity index is 1.64. The number of anilines is 2. The summed E-state index contributed by atoms with van der Waals surface area (Å²) in [5, 5.41) is 7.90. The van der Waals surface area contributed by atoms with Crippen LogP contribution in [0.3, 0.4) is 0 Å². The molecule has 2 heterocycles. The van der Waals surface area contributed by atoms with Crippen molar-refractivity contribution in [2.45, 2.75) is 6.54 Å². The summed E-state index contributed by atoms with van der Waals surface area (Å²) in [6.07, 6.45) is 1.53. The second-order valence-electron chi connectivity index (χ2n) is 6.85. The first-order valence-corrected chi connectivity index (χ1v) is 9.71. The van der Waals surface area contributed by atoms with Crippen molar-refractivity contribution in [2.75, 3.05) is 24.3 Å². The Morgan fingerprint density at radius 2 is 1.87 bits per heavy atom. The van der Waals surface area contributed by atoms with E-state index in [1.807, 2.05) is 43.3 Å². The Bertz CT molecular complexity index is 1150. The summed E-state index contributed by atoms with van der Waals surface area (Å²) in [4.78, 5) is 19.6. The fourth-order valence-corrected chi connectivity index (χ4v) is 3.14. The maximum atomic E-state index is 13.1. The Morgan fingerprint density at radius 1 is 1.10 bits per heavy atom. The zero-order chi connectivity index (χ0) is 21.1. The molecule has 0 unspecified atom stereocenters. The van der Waals surface area contributed by atoms with Crippen LogP contribution in [0.15, 0.2) is 71.3 Å². The number of carbonyl (C=O) groups excluding carboxylic acids is 1. The molecule has 0 aliphatic heterocycles. The number of rotatable bonds is 6. The minimum absolute atomic E-state index is 0.308. The molecular weight excluding hydrogens is 402 g/mol. The first-order chi connectivity index (χ1) is 14.5. The van der Waals surface area contributed by atoms with Crippen molar-refractivity contribution in [1.82, 2.24) is 14.8 Å². The molecule has 0 fully saturated rings. The summed E-state index contributed by atoms with van der Waals surface area (Å²) < 4.78 is 6.60. The van der Waals surface area contributed by atoms with Gasteiger partial charge in [-0.2, -0.15) is 9.67 Å². The van der Waals surface area contributed by atoms with Crippen molar-refractivity contribution >= 4 is 29.1 Å². The topological polar surface area (TPSA) is 76.2 Å². The molecule has 0 radical (unpaired) electrons. The van der Waals surface area contributed by atoms with Crippen molar-refractivity contribution < 1.29 is 9.21 Å². The fourth-order valence-electron chi connectivity index (χ4n) is 2.92. The Morgan fingerprint density at radius 3 is 2.53 bits per heavy atom. The van der Waals surface area contributed by atoms with E-state index in [9.17, 15) is 4.79 Å². The van der Waals surface area contributed by atoms with Gasteiger partial charge in [-0.15, -0.1) is 5.10 Å². The van der Waals surface area contributed by atoms with Gasteiger partial charge in [-0.3, -0.25) is 4.79 Å². The zero-order valence-electron chi connectivity index (χ0n) is 16.5. The van der Waals surface area contributed by atoms with Crippen LogP contribution in [0.25, 0.3) is 11.6 Å². The summed E-state index contributed by atoms with van der Waals surface area (Å²) in [5.74, 6) is 0.712. The van der Waals surface area contributed by atoms with Crippen LogP contribution in [-0.4, -0.2) is 34.8 Å². The van der Waals surface area contributed by atoms with Crippen LogP contribution in [0.4, 0.5) is 11.6 Å². The van der Waals surface area contributed by atoms with Gasteiger partial charge in [0.05, 0.1) is 16.8 Å². The largest absolute Gasteiger partial charge is 0.461 e. The second kappa shape index (κ2) is 8.42. The van der Waals surface area contributed by atoms with Crippen molar-refractivity contribution in [3.63, 3.8) is 0 Å². The maximum Gasteiger partial charge on any atom is 0.282 e. The van der Waals surface area contributed by atoms with Crippen LogP contribution in [0.5, 0.6) is 0 Å². The van der Waals surface area contributed by atoms with E-state index in [0.29, 0.717) is 34.7 Å². The first-order valence-electron chi connectivity index (χ1n) is 9.33. The molecule has 4 aromatic rings. The lowest BCUT2D eigenvalue weighted by Gasteiger charge is -2.13. The molecule has 7 nitrogen and oxygen atoms in total. The highest BCUT2D eigenvalue weighted by atomic mass is 35.5. The highest BCUT2D eigenvalue weighted by molar-refractivity contribution is 6.33. The third-order valence-corrected chi connectivity index (χ3v) is 4.88. The molecule has 152 valence electrons. The van der Waals surface area contributed by atoms with Crippen molar-refractivity contribution in [1.29, 1.82) is 0 Å². The van der Waals surface area contributed by atoms with E-state index in [-0.39, 0.29) is 5.91 Å². The zero-order valence-corrected chi connectivity index (χ0v) is 17.3. The van der Waals surface area contributed by atoms with Gasteiger partial charge >= 0.3 is 0 Å². The van der Waals surface area contributed by atoms with Gasteiger partial charge in [0, 0.05) is 26.3 Å². The molecule has 4 rings (SSSR count). The van der Waals surface area contributed by atoms with E-state index in [2.05, 4.69) is 15.4 Å².